The smallest absolute Gasteiger partial charge is 0.306 e. The number of nitrogens with zero attached hydrogens (tertiary/aromatic N) is 4. The number of hydrogen-bond donors (Lipinski definition) is 3. The molecular formula is C37H33N5O11S3. The Labute approximate surface area is 322 Å². The molecule has 3 N–H and O–H groups in total. The van der Waals surface area contributed by atoms with E-state index in [1.165, 1.54) is 12.1 Å². The van der Waals surface area contributed by atoms with Gasteiger partial charge in [0.1, 0.15) is 11.5 Å². The van der Waals surface area contributed by atoms with Crippen molar-refractivity contribution >= 4 is 86.0 Å². The Balaban J connectivity index is 1.37. The molecule has 0 spiro atoms. The zero-order valence-electron chi connectivity index (χ0n) is 30.2. The van der Waals surface area contributed by atoms with Gasteiger partial charge < -0.3 is 23.9 Å². The fourth-order valence-electron chi connectivity index (χ4n) is 5.61. The second kappa shape index (κ2) is 15.2. The number of rotatable bonds is 12. The molecule has 290 valence electrons. The fourth-order valence-corrected chi connectivity index (χ4v) is 7.23. The molecule has 0 saturated carbocycles. The summed E-state index contributed by atoms with van der Waals surface area (Å²) in [5.74, 6) is -1.33. The SMILES string of the molecule is COS(=O)(=O)c1cc(N=Nc2cc(C)c(N=Nc3c(OS(C)(=O)=O)cc4cc(Nc5ccccc5)ccc4c3O)cc2C)c2c(O)cc(OS(C)(=O)=O)cc2c1. The molecule has 0 aliphatic carbocycles. The van der Waals surface area contributed by atoms with Crippen LogP contribution >= 0.6 is 0 Å². The molecule has 0 atom stereocenters. The lowest BCUT2D eigenvalue weighted by molar-refractivity contribution is 0.397. The number of benzene rings is 6. The number of hydrogen-bond acceptors (Lipinski definition) is 16. The van der Waals surface area contributed by atoms with E-state index in [1.54, 1.807) is 44.2 Å². The minimum atomic E-state index is -4.28. The van der Waals surface area contributed by atoms with Crippen LogP contribution in [-0.2, 0) is 34.5 Å². The van der Waals surface area contributed by atoms with Crippen LogP contribution in [0.1, 0.15) is 11.1 Å². The number of fused-ring (bicyclic) bond motifs is 2. The van der Waals surface area contributed by atoms with Crippen LogP contribution in [0.4, 0.5) is 34.1 Å². The molecule has 6 aromatic carbocycles. The summed E-state index contributed by atoms with van der Waals surface area (Å²) in [5, 5.41) is 43.4. The van der Waals surface area contributed by atoms with Crippen molar-refractivity contribution in [1.82, 2.24) is 0 Å². The summed E-state index contributed by atoms with van der Waals surface area (Å²) in [6, 6.07) is 23.7. The van der Waals surface area contributed by atoms with E-state index < -0.39 is 36.1 Å². The molecular weight excluding hydrogens is 787 g/mol. The molecule has 0 aliphatic heterocycles. The summed E-state index contributed by atoms with van der Waals surface area (Å²) in [7, 11) is -11.3. The fraction of sp³-hybridized carbons (Fsp3) is 0.135. The van der Waals surface area contributed by atoms with E-state index in [0.717, 1.165) is 43.5 Å². The summed E-state index contributed by atoms with van der Waals surface area (Å²) in [6.45, 7) is 3.38. The Hall–Kier alpha value is -6.15. The van der Waals surface area contributed by atoms with Crippen molar-refractivity contribution in [3.63, 3.8) is 0 Å². The second-order valence-electron chi connectivity index (χ2n) is 12.5. The third kappa shape index (κ3) is 9.03. The van der Waals surface area contributed by atoms with E-state index in [1.807, 2.05) is 30.3 Å². The predicted octanol–water partition coefficient (Wildman–Crippen LogP) is 8.61. The van der Waals surface area contributed by atoms with E-state index >= 15 is 0 Å². The number of para-hydroxylation sites is 1. The molecule has 16 nitrogen and oxygen atoms in total. The Morgan fingerprint density at radius 3 is 1.88 bits per heavy atom. The van der Waals surface area contributed by atoms with Gasteiger partial charge in [0.15, 0.2) is 17.2 Å². The highest BCUT2D eigenvalue weighted by Gasteiger charge is 2.21. The van der Waals surface area contributed by atoms with E-state index in [2.05, 4.69) is 30.0 Å². The van der Waals surface area contributed by atoms with Crippen molar-refractivity contribution in [2.75, 3.05) is 24.9 Å². The van der Waals surface area contributed by atoms with Crippen LogP contribution < -0.4 is 13.7 Å². The van der Waals surface area contributed by atoms with Crippen LogP contribution in [0, 0.1) is 13.8 Å². The van der Waals surface area contributed by atoms with Gasteiger partial charge in [0.05, 0.1) is 47.0 Å². The van der Waals surface area contributed by atoms with Gasteiger partial charge in [0, 0.05) is 22.8 Å². The van der Waals surface area contributed by atoms with E-state index in [0.29, 0.717) is 39.0 Å². The number of phenols is 2. The first kappa shape index (κ1) is 39.5. The van der Waals surface area contributed by atoms with Crippen LogP contribution in [0.25, 0.3) is 21.5 Å². The molecule has 0 amide bonds. The van der Waals surface area contributed by atoms with Crippen molar-refractivity contribution in [2.24, 2.45) is 20.5 Å². The molecule has 0 bridgehead atoms. The predicted molar refractivity (Wildman–Crippen MR) is 210 cm³/mol. The molecule has 19 heteroatoms. The zero-order chi connectivity index (χ0) is 40.6. The first-order chi connectivity index (χ1) is 26.3. The van der Waals surface area contributed by atoms with Crippen LogP contribution in [0.5, 0.6) is 23.0 Å². The molecule has 0 aromatic heterocycles. The summed E-state index contributed by atoms with van der Waals surface area (Å²) >= 11 is 0. The Kier molecular flexibility index (Phi) is 10.7. The summed E-state index contributed by atoms with van der Waals surface area (Å²) in [6.07, 6.45) is 1.68. The lowest BCUT2D eigenvalue weighted by Gasteiger charge is -2.13. The average molecular weight is 820 g/mol. The highest BCUT2D eigenvalue weighted by molar-refractivity contribution is 7.87. The third-order valence-corrected chi connectivity index (χ3v) is 10.3. The largest absolute Gasteiger partial charge is 0.507 e. The number of aryl methyl sites for hydroxylation is 2. The Morgan fingerprint density at radius 2 is 1.25 bits per heavy atom. The number of phenolic OH excluding ortho intramolecular Hbond substituents is 2. The molecule has 0 radical (unpaired) electrons. The maximum atomic E-state index is 12.7. The molecule has 0 heterocycles. The summed E-state index contributed by atoms with van der Waals surface area (Å²) in [5.41, 5.74) is 2.89. The molecule has 0 saturated heterocycles. The molecule has 0 fully saturated rings. The van der Waals surface area contributed by atoms with Gasteiger partial charge in [-0.25, -0.2) is 0 Å². The van der Waals surface area contributed by atoms with Gasteiger partial charge in [-0.3, -0.25) is 4.18 Å². The third-order valence-electron chi connectivity index (χ3n) is 8.10. The normalized spacial score (nSPS) is 12.5. The van der Waals surface area contributed by atoms with E-state index in [-0.39, 0.29) is 44.3 Å². The summed E-state index contributed by atoms with van der Waals surface area (Å²) < 4.78 is 88.0. The molecule has 0 unspecified atom stereocenters. The van der Waals surface area contributed by atoms with Crippen LogP contribution in [0.2, 0.25) is 0 Å². The Morgan fingerprint density at radius 1 is 0.625 bits per heavy atom. The highest BCUT2D eigenvalue weighted by atomic mass is 32.2. The van der Waals surface area contributed by atoms with Gasteiger partial charge in [-0.15, -0.1) is 10.2 Å². The molecule has 0 aliphatic rings. The lowest BCUT2D eigenvalue weighted by Crippen LogP contribution is -2.06. The van der Waals surface area contributed by atoms with Crippen molar-refractivity contribution in [1.29, 1.82) is 0 Å². The lowest BCUT2D eigenvalue weighted by atomic mass is 10.1. The molecule has 6 aromatic rings. The maximum absolute atomic E-state index is 12.7. The number of nitrogens with one attached hydrogen (secondary N) is 1. The van der Waals surface area contributed by atoms with Crippen molar-refractivity contribution < 1.29 is 48.0 Å². The quantitative estimate of drug-likeness (QED) is 0.0778. The van der Waals surface area contributed by atoms with Crippen molar-refractivity contribution in [2.45, 2.75) is 18.7 Å². The first-order valence-corrected chi connectivity index (χ1v) is 21.3. The number of anilines is 2. The maximum Gasteiger partial charge on any atom is 0.306 e. The van der Waals surface area contributed by atoms with Crippen LogP contribution in [0.15, 0.2) is 116 Å². The van der Waals surface area contributed by atoms with Gasteiger partial charge in [-0.05, 0) is 102 Å². The van der Waals surface area contributed by atoms with Crippen molar-refractivity contribution in [3.8, 4) is 23.0 Å². The molecule has 56 heavy (non-hydrogen) atoms. The van der Waals surface area contributed by atoms with E-state index in [4.69, 9.17) is 8.37 Å². The standard InChI is InChI=1S/C37H33N5O11S3/c1-21-14-31(40-42-36-34(53-55(5,47)48)18-23-15-26(11-12-29(23)37(36)44)38-25-9-7-6-8-10-25)22(2)13-30(21)39-41-32-20-28(56(49,50)51-3)17-24-16-27(52-54(4,45)46)19-33(43)35(24)32/h6-20,38,43-44H,1-5H3. The molecule has 6 rings (SSSR count). The minimum absolute atomic E-state index is 0.0513. The first-order valence-electron chi connectivity index (χ1n) is 16.3. The number of azo groups is 2. The van der Waals surface area contributed by atoms with E-state index in [9.17, 15) is 35.5 Å². The highest BCUT2D eigenvalue weighted by Crippen LogP contribution is 2.46. The van der Waals surface area contributed by atoms with Gasteiger partial charge >= 0.3 is 20.2 Å². The van der Waals surface area contributed by atoms with Crippen LogP contribution in [-0.4, -0.2) is 55.1 Å². The second-order valence-corrected chi connectivity index (χ2v) is 17.4. The van der Waals surface area contributed by atoms with Gasteiger partial charge in [-0.2, -0.15) is 35.5 Å². The summed E-state index contributed by atoms with van der Waals surface area (Å²) in [4.78, 5) is -0.346. The zero-order valence-corrected chi connectivity index (χ0v) is 32.7. The number of aromatic hydroxyl groups is 2. The van der Waals surface area contributed by atoms with Crippen molar-refractivity contribution in [3.05, 3.63) is 102 Å². The topological polar surface area (TPSA) is 232 Å². The van der Waals surface area contributed by atoms with Gasteiger partial charge in [0.2, 0.25) is 0 Å². The van der Waals surface area contributed by atoms with Crippen LogP contribution in [0.3, 0.4) is 0 Å². The monoisotopic (exact) mass is 819 g/mol. The Bertz CT molecular complexity index is 2940. The van der Waals surface area contributed by atoms with Gasteiger partial charge in [0.25, 0.3) is 10.1 Å². The average Bonchev–Trinajstić information content (AvgIpc) is 3.10. The minimum Gasteiger partial charge on any atom is -0.507 e. The van der Waals surface area contributed by atoms with Gasteiger partial charge in [-0.1, -0.05) is 18.2 Å².